The fourth-order valence-corrected chi connectivity index (χ4v) is 2.96. The lowest BCUT2D eigenvalue weighted by Crippen LogP contribution is -2.27. The van der Waals surface area contributed by atoms with Gasteiger partial charge in [-0.05, 0) is 26.7 Å². The number of aryl methyl sites for hydroxylation is 1. The number of aromatic nitrogens is 4. The zero-order chi connectivity index (χ0) is 17.9. The van der Waals surface area contributed by atoms with Crippen LogP contribution < -0.4 is 5.32 Å². The van der Waals surface area contributed by atoms with Crippen molar-refractivity contribution in [3.8, 4) is 0 Å². The number of rotatable bonds is 7. The molecule has 1 N–H and O–H groups in total. The van der Waals surface area contributed by atoms with E-state index in [9.17, 15) is 4.79 Å². The minimum absolute atomic E-state index is 0.0503. The van der Waals surface area contributed by atoms with Gasteiger partial charge in [-0.25, -0.2) is 9.67 Å². The lowest BCUT2D eigenvalue weighted by Gasteiger charge is -2.21. The summed E-state index contributed by atoms with van der Waals surface area (Å²) in [5.74, 6) is 1.94. The van der Waals surface area contributed by atoms with Gasteiger partial charge in [0.25, 0.3) is 0 Å². The van der Waals surface area contributed by atoms with Gasteiger partial charge in [-0.3, -0.25) is 4.79 Å². The lowest BCUT2D eigenvalue weighted by atomic mass is 10.1. The van der Waals surface area contributed by atoms with E-state index in [-0.39, 0.29) is 17.9 Å². The molecular formula is C18H29N5O. The summed E-state index contributed by atoms with van der Waals surface area (Å²) in [4.78, 5) is 17.2. The molecule has 6 heteroatoms. The van der Waals surface area contributed by atoms with Gasteiger partial charge in [0.1, 0.15) is 17.7 Å². The molecule has 0 saturated carbocycles. The zero-order valence-electron chi connectivity index (χ0n) is 15.6. The first-order valence-electron chi connectivity index (χ1n) is 8.78. The standard InChI is InChI=1S/C18H29N5O/c1-7-15(8-2)23-17(13(5)11-20-23)21-18(24)14(6)22-10-9-19-16(22)12(3)4/h9-12,14-15H,7-8H2,1-6H3,(H,21,24)/t14-/m1/s1. The molecule has 0 aliphatic carbocycles. The van der Waals surface area contributed by atoms with Gasteiger partial charge in [-0.1, -0.05) is 27.7 Å². The SMILES string of the molecule is CCC(CC)n1ncc(C)c1NC(=O)[C@@H](C)n1ccnc1C(C)C. The van der Waals surface area contributed by atoms with Crippen molar-refractivity contribution in [1.82, 2.24) is 19.3 Å². The third kappa shape index (κ3) is 3.52. The maximum atomic E-state index is 12.8. The van der Waals surface area contributed by atoms with E-state index in [1.165, 1.54) is 0 Å². The number of anilines is 1. The molecule has 6 nitrogen and oxygen atoms in total. The number of hydrogen-bond donors (Lipinski definition) is 1. The number of amides is 1. The second kappa shape index (κ2) is 7.64. The molecule has 0 radical (unpaired) electrons. The Morgan fingerprint density at radius 1 is 1.25 bits per heavy atom. The maximum absolute atomic E-state index is 12.8. The van der Waals surface area contributed by atoms with Crippen LogP contribution in [0.15, 0.2) is 18.6 Å². The fraction of sp³-hybridized carbons (Fsp3) is 0.611. The zero-order valence-corrected chi connectivity index (χ0v) is 15.6. The molecule has 2 rings (SSSR count). The van der Waals surface area contributed by atoms with Crippen molar-refractivity contribution in [2.24, 2.45) is 0 Å². The smallest absolute Gasteiger partial charge is 0.248 e. The first-order chi connectivity index (χ1) is 11.4. The molecule has 0 bridgehead atoms. The molecular weight excluding hydrogens is 302 g/mol. The minimum Gasteiger partial charge on any atom is -0.323 e. The first-order valence-corrected chi connectivity index (χ1v) is 8.78. The topological polar surface area (TPSA) is 64.7 Å². The second-order valence-corrected chi connectivity index (χ2v) is 6.60. The number of imidazole rings is 1. The summed E-state index contributed by atoms with van der Waals surface area (Å²) < 4.78 is 3.88. The van der Waals surface area contributed by atoms with Gasteiger partial charge in [0.05, 0.1) is 12.2 Å². The largest absolute Gasteiger partial charge is 0.323 e. The van der Waals surface area contributed by atoms with Crippen molar-refractivity contribution in [3.63, 3.8) is 0 Å². The summed E-state index contributed by atoms with van der Waals surface area (Å²) in [6.07, 6.45) is 7.39. The van der Waals surface area contributed by atoms with E-state index in [2.05, 4.69) is 43.1 Å². The predicted octanol–water partition coefficient (Wildman–Crippen LogP) is 4.07. The average Bonchev–Trinajstić information content (AvgIpc) is 3.17. The van der Waals surface area contributed by atoms with Crippen molar-refractivity contribution in [1.29, 1.82) is 0 Å². The average molecular weight is 331 g/mol. The molecule has 0 aliphatic heterocycles. The van der Waals surface area contributed by atoms with Gasteiger partial charge in [0, 0.05) is 23.9 Å². The number of hydrogen-bond acceptors (Lipinski definition) is 3. The quantitative estimate of drug-likeness (QED) is 0.831. The monoisotopic (exact) mass is 331 g/mol. The molecule has 0 saturated heterocycles. The summed E-state index contributed by atoms with van der Waals surface area (Å²) in [7, 11) is 0. The molecule has 0 unspecified atom stereocenters. The second-order valence-electron chi connectivity index (χ2n) is 6.60. The van der Waals surface area contributed by atoms with Crippen LogP contribution in [0.5, 0.6) is 0 Å². The maximum Gasteiger partial charge on any atom is 0.248 e. The molecule has 132 valence electrons. The summed E-state index contributed by atoms with van der Waals surface area (Å²) >= 11 is 0. The molecule has 0 aliphatic rings. The van der Waals surface area contributed by atoms with Crippen LogP contribution in [0.4, 0.5) is 5.82 Å². The van der Waals surface area contributed by atoms with Crippen LogP contribution >= 0.6 is 0 Å². The summed E-state index contributed by atoms with van der Waals surface area (Å²) in [6, 6.07) is -0.0295. The minimum atomic E-state index is -0.325. The van der Waals surface area contributed by atoms with Gasteiger partial charge in [-0.2, -0.15) is 5.10 Å². The van der Waals surface area contributed by atoms with Crippen LogP contribution in [0.3, 0.4) is 0 Å². The van der Waals surface area contributed by atoms with Crippen LogP contribution in [-0.2, 0) is 4.79 Å². The molecule has 0 aromatic carbocycles. The van der Waals surface area contributed by atoms with E-state index in [0.717, 1.165) is 30.0 Å². The Kier molecular flexibility index (Phi) is 5.80. The lowest BCUT2D eigenvalue weighted by molar-refractivity contribution is -0.118. The van der Waals surface area contributed by atoms with Gasteiger partial charge in [-0.15, -0.1) is 0 Å². The van der Waals surface area contributed by atoms with Crippen LogP contribution in [-0.4, -0.2) is 25.2 Å². The molecule has 2 heterocycles. The fourth-order valence-electron chi connectivity index (χ4n) is 2.96. The molecule has 1 atom stereocenters. The van der Waals surface area contributed by atoms with Crippen molar-refractivity contribution in [2.45, 2.75) is 72.4 Å². The molecule has 2 aromatic rings. The predicted molar refractivity (Wildman–Crippen MR) is 96.2 cm³/mol. The summed E-state index contributed by atoms with van der Waals surface area (Å²) in [5, 5.41) is 7.54. The third-order valence-corrected chi connectivity index (χ3v) is 4.52. The van der Waals surface area contributed by atoms with Crippen molar-refractivity contribution < 1.29 is 4.79 Å². The highest BCUT2D eigenvalue weighted by atomic mass is 16.2. The highest BCUT2D eigenvalue weighted by Crippen LogP contribution is 2.25. The van der Waals surface area contributed by atoms with Crippen molar-refractivity contribution in [2.75, 3.05) is 5.32 Å². The van der Waals surface area contributed by atoms with E-state index < -0.39 is 0 Å². The van der Waals surface area contributed by atoms with Gasteiger partial charge < -0.3 is 9.88 Å². The van der Waals surface area contributed by atoms with Crippen LogP contribution in [0.25, 0.3) is 0 Å². The van der Waals surface area contributed by atoms with Gasteiger partial charge in [0.15, 0.2) is 0 Å². The van der Waals surface area contributed by atoms with E-state index in [1.807, 2.05) is 35.5 Å². The van der Waals surface area contributed by atoms with E-state index >= 15 is 0 Å². The Morgan fingerprint density at radius 3 is 2.50 bits per heavy atom. The van der Waals surface area contributed by atoms with E-state index in [1.54, 1.807) is 6.20 Å². The Morgan fingerprint density at radius 2 is 1.92 bits per heavy atom. The highest BCUT2D eigenvalue weighted by molar-refractivity contribution is 5.93. The highest BCUT2D eigenvalue weighted by Gasteiger charge is 2.22. The summed E-state index contributed by atoms with van der Waals surface area (Å²) in [5.41, 5.74) is 0.983. The van der Waals surface area contributed by atoms with Crippen LogP contribution in [0.1, 0.15) is 76.8 Å². The Hall–Kier alpha value is -2.11. The van der Waals surface area contributed by atoms with Gasteiger partial charge >= 0.3 is 0 Å². The normalized spacial score (nSPS) is 12.8. The van der Waals surface area contributed by atoms with E-state index in [4.69, 9.17) is 0 Å². The Labute approximate surface area is 144 Å². The molecule has 1 amide bonds. The molecule has 0 spiro atoms. The molecule has 24 heavy (non-hydrogen) atoms. The number of carbonyl (C=O) groups is 1. The number of nitrogens with zero attached hydrogens (tertiary/aromatic N) is 4. The van der Waals surface area contributed by atoms with Crippen molar-refractivity contribution in [3.05, 3.63) is 30.0 Å². The Balaban J connectivity index is 2.24. The number of nitrogens with one attached hydrogen (secondary N) is 1. The Bertz CT molecular complexity index is 681. The van der Waals surface area contributed by atoms with Crippen molar-refractivity contribution >= 4 is 11.7 Å². The van der Waals surface area contributed by atoms with E-state index in [0.29, 0.717) is 6.04 Å². The van der Waals surface area contributed by atoms with Crippen LogP contribution in [0.2, 0.25) is 0 Å². The molecule has 2 aromatic heterocycles. The first kappa shape index (κ1) is 18.2. The molecule has 0 fully saturated rings. The number of carbonyl (C=O) groups excluding carboxylic acids is 1. The van der Waals surface area contributed by atoms with Gasteiger partial charge in [0.2, 0.25) is 5.91 Å². The summed E-state index contributed by atoms with van der Waals surface area (Å²) in [6.45, 7) is 12.3. The van der Waals surface area contributed by atoms with Crippen LogP contribution in [0, 0.1) is 6.92 Å². The third-order valence-electron chi connectivity index (χ3n) is 4.52.